The summed E-state index contributed by atoms with van der Waals surface area (Å²) in [5.74, 6) is -0.806. The highest BCUT2D eigenvalue weighted by atomic mass is 35.5. The molecule has 0 radical (unpaired) electrons. The lowest BCUT2D eigenvalue weighted by molar-refractivity contribution is 0.433. The molecule has 0 unspecified atom stereocenters. The molecule has 0 saturated carbocycles. The van der Waals surface area contributed by atoms with Gasteiger partial charge in [-0.15, -0.1) is 0 Å². The van der Waals surface area contributed by atoms with Crippen molar-refractivity contribution in [3.63, 3.8) is 0 Å². The van der Waals surface area contributed by atoms with Gasteiger partial charge < -0.3 is 10.2 Å². The average Bonchev–Trinajstić information content (AvgIpc) is 3.10. The van der Waals surface area contributed by atoms with Crippen LogP contribution in [0, 0.1) is 0 Å². The van der Waals surface area contributed by atoms with Crippen LogP contribution in [0.3, 0.4) is 0 Å². The first-order valence-electron chi connectivity index (χ1n) is 8.09. The molecule has 0 bridgehead atoms. The smallest absolute Gasteiger partial charge is 0.246 e. The summed E-state index contributed by atoms with van der Waals surface area (Å²) >= 11 is 6.24. The molecule has 2 N–H and O–H groups in total. The zero-order valence-corrected chi connectivity index (χ0v) is 16.2. The van der Waals surface area contributed by atoms with Gasteiger partial charge in [-0.2, -0.15) is 5.10 Å². The van der Waals surface area contributed by atoms with E-state index in [0.29, 0.717) is 16.4 Å². The molecule has 0 aliphatic carbocycles. The van der Waals surface area contributed by atoms with Crippen molar-refractivity contribution in [1.29, 1.82) is 0 Å². The molecule has 142 valence electrons. The van der Waals surface area contributed by atoms with Gasteiger partial charge in [-0.3, -0.25) is 0 Å². The number of nitrogens with zero attached hydrogens (tertiary/aromatic N) is 3. The molecule has 0 spiro atoms. The van der Waals surface area contributed by atoms with Crippen molar-refractivity contribution in [1.82, 2.24) is 14.1 Å². The van der Waals surface area contributed by atoms with E-state index in [1.807, 2.05) is 0 Å². The van der Waals surface area contributed by atoms with Crippen molar-refractivity contribution < 1.29 is 18.6 Å². The minimum absolute atomic E-state index is 0.202. The molecule has 27 heavy (non-hydrogen) atoms. The molecule has 1 heterocycles. The number of phenolic OH excluding ortho intramolecular Hbond substituents is 2. The predicted octanol–water partition coefficient (Wildman–Crippen LogP) is 3.24. The monoisotopic (exact) mass is 407 g/mol. The molecule has 7 nitrogen and oxygen atoms in total. The maximum absolute atomic E-state index is 12.7. The van der Waals surface area contributed by atoms with Gasteiger partial charge >= 0.3 is 0 Å². The summed E-state index contributed by atoms with van der Waals surface area (Å²) in [5.41, 5.74) is 1.20. The second-order valence-electron chi connectivity index (χ2n) is 5.84. The summed E-state index contributed by atoms with van der Waals surface area (Å²) < 4.78 is 27.9. The Labute approximate surface area is 162 Å². The van der Waals surface area contributed by atoms with Crippen LogP contribution in [0.1, 0.15) is 6.92 Å². The minimum Gasteiger partial charge on any atom is -0.507 e. The Morgan fingerprint density at radius 1 is 1.15 bits per heavy atom. The molecule has 0 amide bonds. The third-order valence-corrected chi connectivity index (χ3v) is 6.49. The van der Waals surface area contributed by atoms with Gasteiger partial charge in [-0.25, -0.2) is 17.4 Å². The van der Waals surface area contributed by atoms with E-state index in [-0.39, 0.29) is 22.8 Å². The molecule has 1 aromatic heterocycles. The molecule has 0 saturated heterocycles. The van der Waals surface area contributed by atoms with Crippen molar-refractivity contribution in [2.24, 2.45) is 0 Å². The number of rotatable bonds is 5. The fourth-order valence-corrected chi connectivity index (χ4v) is 4.11. The molecule has 2 aromatic carbocycles. The van der Waals surface area contributed by atoms with Crippen molar-refractivity contribution in [3.05, 3.63) is 53.7 Å². The topological polar surface area (TPSA) is 95.7 Å². The lowest BCUT2D eigenvalue weighted by atomic mass is 10.1. The highest BCUT2D eigenvalue weighted by molar-refractivity contribution is 7.89. The van der Waals surface area contributed by atoms with Gasteiger partial charge in [0.1, 0.15) is 16.4 Å². The van der Waals surface area contributed by atoms with E-state index >= 15 is 0 Å². The van der Waals surface area contributed by atoms with Crippen molar-refractivity contribution in [2.45, 2.75) is 11.8 Å². The van der Waals surface area contributed by atoms with Crippen LogP contribution in [0.15, 0.2) is 53.6 Å². The second-order valence-corrected chi connectivity index (χ2v) is 8.26. The van der Waals surface area contributed by atoms with E-state index in [1.165, 1.54) is 24.0 Å². The zero-order valence-electron chi connectivity index (χ0n) is 14.7. The van der Waals surface area contributed by atoms with E-state index in [2.05, 4.69) is 5.10 Å². The van der Waals surface area contributed by atoms with Crippen LogP contribution >= 0.6 is 11.6 Å². The Balaban J connectivity index is 2.22. The number of hydrogen-bond acceptors (Lipinski definition) is 5. The van der Waals surface area contributed by atoms with E-state index in [4.69, 9.17) is 11.6 Å². The molecule has 3 aromatic rings. The van der Waals surface area contributed by atoms with Gasteiger partial charge in [0, 0.05) is 25.2 Å². The molecule has 0 aliphatic heterocycles. The molecule has 0 fully saturated rings. The van der Waals surface area contributed by atoms with Gasteiger partial charge in [0.2, 0.25) is 10.0 Å². The van der Waals surface area contributed by atoms with Gasteiger partial charge in [0.15, 0.2) is 0 Å². The minimum atomic E-state index is -3.92. The van der Waals surface area contributed by atoms with E-state index in [9.17, 15) is 18.6 Å². The van der Waals surface area contributed by atoms with Crippen molar-refractivity contribution in [3.8, 4) is 28.4 Å². The largest absolute Gasteiger partial charge is 0.507 e. The Bertz CT molecular complexity index is 1100. The van der Waals surface area contributed by atoms with Crippen LogP contribution in [-0.4, -0.2) is 46.3 Å². The lowest BCUT2D eigenvalue weighted by Crippen LogP contribution is -2.26. The maximum atomic E-state index is 12.7. The average molecular weight is 408 g/mol. The van der Waals surface area contributed by atoms with Crippen LogP contribution in [0.5, 0.6) is 11.5 Å². The maximum Gasteiger partial charge on any atom is 0.246 e. The Hall–Kier alpha value is -2.55. The van der Waals surface area contributed by atoms with Gasteiger partial charge in [-0.05, 0) is 24.3 Å². The highest BCUT2D eigenvalue weighted by Gasteiger charge is 2.26. The predicted molar refractivity (Wildman–Crippen MR) is 103 cm³/mol. The third-order valence-electron chi connectivity index (χ3n) is 4.21. The van der Waals surface area contributed by atoms with Crippen LogP contribution in [0.2, 0.25) is 5.02 Å². The normalized spacial score (nSPS) is 11.9. The second kappa shape index (κ2) is 7.22. The fourth-order valence-electron chi connectivity index (χ4n) is 2.63. The number of para-hydroxylation sites is 1. The number of aromatic nitrogens is 2. The Morgan fingerprint density at radius 3 is 2.52 bits per heavy atom. The molecule has 0 aliphatic rings. The summed E-state index contributed by atoms with van der Waals surface area (Å²) in [7, 11) is -2.51. The number of phenols is 2. The van der Waals surface area contributed by atoms with Crippen LogP contribution in [-0.2, 0) is 10.0 Å². The van der Waals surface area contributed by atoms with E-state index in [0.717, 1.165) is 10.4 Å². The van der Waals surface area contributed by atoms with Crippen LogP contribution < -0.4 is 0 Å². The first-order chi connectivity index (χ1) is 12.8. The molecule has 3 rings (SSSR count). The Morgan fingerprint density at radius 2 is 1.85 bits per heavy atom. The van der Waals surface area contributed by atoms with Gasteiger partial charge in [0.05, 0.1) is 22.6 Å². The van der Waals surface area contributed by atoms with Gasteiger partial charge in [0.25, 0.3) is 0 Å². The SMILES string of the molecule is CCN(C)S(=O)(=O)c1cc(-c2ccnn2-c2ccccc2Cl)c(O)cc1O. The third kappa shape index (κ3) is 3.39. The summed E-state index contributed by atoms with van der Waals surface area (Å²) in [5, 5.41) is 25.1. The van der Waals surface area contributed by atoms with Crippen molar-refractivity contribution in [2.75, 3.05) is 13.6 Å². The van der Waals surface area contributed by atoms with Gasteiger partial charge in [-0.1, -0.05) is 30.7 Å². The van der Waals surface area contributed by atoms with Crippen LogP contribution in [0.25, 0.3) is 16.9 Å². The first kappa shape index (κ1) is 19.2. The van der Waals surface area contributed by atoms with Crippen LogP contribution in [0.4, 0.5) is 0 Å². The number of sulfonamides is 1. The summed E-state index contributed by atoms with van der Waals surface area (Å²) in [6.45, 7) is 1.91. The lowest BCUT2D eigenvalue weighted by Gasteiger charge is -2.17. The number of aromatic hydroxyl groups is 2. The number of benzene rings is 2. The zero-order chi connectivity index (χ0) is 19.8. The van der Waals surface area contributed by atoms with E-state index in [1.54, 1.807) is 37.3 Å². The first-order valence-corrected chi connectivity index (χ1v) is 9.90. The summed E-state index contributed by atoms with van der Waals surface area (Å²) in [6, 6.07) is 10.9. The van der Waals surface area contributed by atoms with Crippen molar-refractivity contribution >= 4 is 21.6 Å². The number of hydrogen-bond donors (Lipinski definition) is 2. The van der Waals surface area contributed by atoms with E-state index < -0.39 is 15.8 Å². The fraction of sp³-hybridized carbons (Fsp3) is 0.167. The quantitative estimate of drug-likeness (QED) is 0.676. The highest BCUT2D eigenvalue weighted by Crippen LogP contribution is 2.38. The molecule has 0 atom stereocenters. The Kier molecular flexibility index (Phi) is 5.14. The summed E-state index contributed by atoms with van der Waals surface area (Å²) in [4.78, 5) is -0.299. The summed E-state index contributed by atoms with van der Waals surface area (Å²) in [6.07, 6.45) is 1.51. The molecule has 9 heteroatoms. The standard InChI is InChI=1S/C18H18ClN3O4S/c1-3-21(2)27(25,26)18-10-12(16(23)11-17(18)24)14-8-9-20-22(14)15-7-5-4-6-13(15)19/h4-11,23-24H,3H2,1-2H3. The molecular formula is C18H18ClN3O4S. The molecular weight excluding hydrogens is 390 g/mol. The number of halogens is 1.